The van der Waals surface area contributed by atoms with Gasteiger partial charge in [-0.2, -0.15) is 0 Å². The third kappa shape index (κ3) is 3.17. The van der Waals surface area contributed by atoms with E-state index in [0.717, 1.165) is 12.1 Å². The van der Waals surface area contributed by atoms with Crippen LogP contribution in [-0.2, 0) is 16.3 Å². The summed E-state index contributed by atoms with van der Waals surface area (Å²) in [5, 5.41) is 0. The zero-order valence-electron chi connectivity index (χ0n) is 9.15. The molecule has 1 N–H and O–H groups in total. The highest BCUT2D eigenvalue weighted by molar-refractivity contribution is 7.90. The molecule has 0 aliphatic rings. The number of sulfone groups is 1. The lowest BCUT2D eigenvalue weighted by molar-refractivity contribution is 0.546. The smallest absolute Gasteiger partial charge is 0.177 e. The highest BCUT2D eigenvalue weighted by Gasteiger charge is 2.15. The number of aromatic nitrogens is 2. The van der Waals surface area contributed by atoms with Crippen molar-refractivity contribution in [3.63, 3.8) is 0 Å². The Kier molecular flexibility index (Phi) is 3.72. The normalized spacial score (nSPS) is 14.1. The Bertz CT molecular complexity index is 484. The SMILES string of the molecule is CCc1c[nH]c(=S)n1C(C)CS(C)(=O)=O. The lowest BCUT2D eigenvalue weighted by Gasteiger charge is -2.14. The third-order valence-electron chi connectivity index (χ3n) is 2.24. The maximum Gasteiger partial charge on any atom is 0.177 e. The maximum absolute atomic E-state index is 11.2. The second-order valence-corrected chi connectivity index (χ2v) is 6.32. The van der Waals surface area contributed by atoms with Crippen LogP contribution in [0.25, 0.3) is 0 Å². The summed E-state index contributed by atoms with van der Waals surface area (Å²) in [6.07, 6.45) is 3.91. The quantitative estimate of drug-likeness (QED) is 0.825. The fraction of sp³-hybridized carbons (Fsp3) is 0.667. The van der Waals surface area contributed by atoms with Crippen molar-refractivity contribution in [3.8, 4) is 0 Å². The molecule has 0 aliphatic heterocycles. The predicted octanol–water partition coefficient (Wildman–Crippen LogP) is 1.71. The van der Waals surface area contributed by atoms with Crippen LogP contribution < -0.4 is 0 Å². The molecule has 1 aromatic heterocycles. The van der Waals surface area contributed by atoms with Gasteiger partial charge in [-0.15, -0.1) is 0 Å². The Morgan fingerprint density at radius 2 is 2.20 bits per heavy atom. The van der Waals surface area contributed by atoms with E-state index < -0.39 is 9.84 Å². The van der Waals surface area contributed by atoms with Gasteiger partial charge in [-0.25, -0.2) is 8.42 Å². The van der Waals surface area contributed by atoms with E-state index in [4.69, 9.17) is 12.2 Å². The van der Waals surface area contributed by atoms with Crippen LogP contribution >= 0.6 is 12.2 Å². The van der Waals surface area contributed by atoms with E-state index >= 15 is 0 Å². The monoisotopic (exact) mass is 248 g/mol. The average Bonchev–Trinajstić information content (AvgIpc) is 2.43. The number of rotatable bonds is 4. The van der Waals surface area contributed by atoms with Crippen LogP contribution in [0, 0.1) is 4.77 Å². The number of nitrogens with one attached hydrogen (secondary N) is 1. The van der Waals surface area contributed by atoms with Gasteiger partial charge in [-0.3, -0.25) is 0 Å². The molecule has 0 aromatic carbocycles. The van der Waals surface area contributed by atoms with E-state index in [9.17, 15) is 8.42 Å². The van der Waals surface area contributed by atoms with E-state index in [2.05, 4.69) is 4.98 Å². The molecule has 0 bridgehead atoms. The first kappa shape index (κ1) is 12.4. The van der Waals surface area contributed by atoms with Crippen molar-refractivity contribution in [2.75, 3.05) is 12.0 Å². The van der Waals surface area contributed by atoms with E-state index in [1.54, 1.807) is 0 Å². The van der Waals surface area contributed by atoms with Crippen molar-refractivity contribution >= 4 is 22.1 Å². The summed E-state index contributed by atoms with van der Waals surface area (Å²) in [5.41, 5.74) is 1.04. The number of H-pyrrole nitrogens is 1. The number of hydrogen-bond donors (Lipinski definition) is 1. The summed E-state index contributed by atoms with van der Waals surface area (Å²) in [6, 6.07) is -0.117. The summed E-state index contributed by atoms with van der Waals surface area (Å²) in [5.74, 6) is 0.117. The average molecular weight is 248 g/mol. The largest absolute Gasteiger partial charge is 0.337 e. The Labute approximate surface area is 95.2 Å². The van der Waals surface area contributed by atoms with Gasteiger partial charge < -0.3 is 9.55 Å². The second-order valence-electron chi connectivity index (χ2n) is 3.75. The van der Waals surface area contributed by atoms with E-state index in [1.165, 1.54) is 6.26 Å². The molecule has 0 amide bonds. The Morgan fingerprint density at radius 1 is 1.60 bits per heavy atom. The van der Waals surface area contributed by atoms with Gasteiger partial charge in [0.25, 0.3) is 0 Å². The van der Waals surface area contributed by atoms with Crippen LogP contribution in [0.4, 0.5) is 0 Å². The fourth-order valence-corrected chi connectivity index (χ4v) is 3.06. The molecule has 0 fully saturated rings. The standard InChI is InChI=1S/C9H16N2O2S2/c1-4-8-5-10-9(14)11(8)7(2)6-15(3,12)13/h5,7H,4,6H2,1-3H3,(H,10,14). The van der Waals surface area contributed by atoms with Crippen LogP contribution in [0.1, 0.15) is 25.6 Å². The number of hydrogen-bond acceptors (Lipinski definition) is 3. The molecule has 1 aromatic rings. The lowest BCUT2D eigenvalue weighted by atomic mass is 10.3. The minimum absolute atomic E-state index is 0.117. The summed E-state index contributed by atoms with van der Waals surface area (Å²) >= 11 is 5.12. The molecule has 0 aliphatic carbocycles. The van der Waals surface area contributed by atoms with Crippen LogP contribution in [0.2, 0.25) is 0 Å². The summed E-state index contributed by atoms with van der Waals surface area (Å²) < 4.78 is 24.8. The number of aromatic amines is 1. The van der Waals surface area contributed by atoms with Gasteiger partial charge in [-0.05, 0) is 25.6 Å². The van der Waals surface area contributed by atoms with Crippen LogP contribution in [0.15, 0.2) is 6.20 Å². The summed E-state index contributed by atoms with van der Waals surface area (Å²) in [4.78, 5) is 2.94. The second kappa shape index (κ2) is 4.49. The van der Waals surface area contributed by atoms with Gasteiger partial charge in [0, 0.05) is 24.2 Å². The molecule has 0 saturated carbocycles. The highest BCUT2D eigenvalue weighted by Crippen LogP contribution is 2.13. The summed E-state index contributed by atoms with van der Waals surface area (Å²) in [6.45, 7) is 3.88. The van der Waals surface area contributed by atoms with Gasteiger partial charge in [0.15, 0.2) is 4.77 Å². The molecule has 1 heterocycles. The van der Waals surface area contributed by atoms with E-state index in [0.29, 0.717) is 4.77 Å². The first-order chi connectivity index (χ1) is 6.85. The molecule has 1 unspecified atom stereocenters. The summed E-state index contributed by atoms with van der Waals surface area (Å²) in [7, 11) is -2.97. The molecule has 0 saturated heterocycles. The van der Waals surface area contributed by atoms with Crippen LogP contribution in [0.5, 0.6) is 0 Å². The molecule has 1 atom stereocenters. The van der Waals surface area contributed by atoms with Gasteiger partial charge in [-0.1, -0.05) is 6.92 Å². The van der Waals surface area contributed by atoms with Crippen LogP contribution in [0.3, 0.4) is 0 Å². The van der Waals surface area contributed by atoms with Gasteiger partial charge >= 0.3 is 0 Å². The first-order valence-electron chi connectivity index (χ1n) is 4.81. The topological polar surface area (TPSA) is 54.9 Å². The van der Waals surface area contributed by atoms with Crippen molar-refractivity contribution in [3.05, 3.63) is 16.7 Å². The first-order valence-corrected chi connectivity index (χ1v) is 7.28. The Hall–Kier alpha value is -0.620. The number of aryl methyl sites for hydroxylation is 1. The van der Waals surface area contributed by atoms with Crippen molar-refractivity contribution in [2.45, 2.75) is 26.3 Å². The highest BCUT2D eigenvalue weighted by atomic mass is 32.2. The molecule has 15 heavy (non-hydrogen) atoms. The molecule has 1 rings (SSSR count). The van der Waals surface area contributed by atoms with Crippen molar-refractivity contribution in [1.82, 2.24) is 9.55 Å². The number of imidazole rings is 1. The van der Waals surface area contributed by atoms with E-state index in [1.807, 2.05) is 24.6 Å². The van der Waals surface area contributed by atoms with Crippen molar-refractivity contribution in [1.29, 1.82) is 0 Å². The Morgan fingerprint density at radius 3 is 2.67 bits per heavy atom. The molecule has 4 nitrogen and oxygen atoms in total. The minimum Gasteiger partial charge on any atom is -0.337 e. The van der Waals surface area contributed by atoms with E-state index in [-0.39, 0.29) is 11.8 Å². The third-order valence-corrected chi connectivity index (χ3v) is 3.64. The van der Waals surface area contributed by atoms with Gasteiger partial charge in [0.2, 0.25) is 0 Å². The maximum atomic E-state index is 11.2. The molecule has 86 valence electrons. The zero-order chi connectivity index (χ0) is 11.6. The zero-order valence-corrected chi connectivity index (χ0v) is 10.8. The fourth-order valence-electron chi connectivity index (χ4n) is 1.68. The van der Waals surface area contributed by atoms with Crippen molar-refractivity contribution < 1.29 is 8.42 Å². The molecule has 6 heteroatoms. The Balaban J connectivity index is 3.05. The lowest BCUT2D eigenvalue weighted by Crippen LogP contribution is -2.18. The molecule has 0 spiro atoms. The van der Waals surface area contributed by atoms with Gasteiger partial charge in [0.1, 0.15) is 9.84 Å². The van der Waals surface area contributed by atoms with Crippen molar-refractivity contribution in [2.24, 2.45) is 0 Å². The molecular weight excluding hydrogens is 232 g/mol. The predicted molar refractivity (Wildman–Crippen MR) is 63.4 cm³/mol. The molecule has 0 radical (unpaired) electrons. The minimum atomic E-state index is -2.97. The van der Waals surface area contributed by atoms with Crippen LogP contribution in [-0.4, -0.2) is 30.0 Å². The molecular formula is C9H16N2O2S2. The van der Waals surface area contributed by atoms with Gasteiger partial charge in [0.05, 0.1) is 5.75 Å². The number of nitrogens with zero attached hydrogens (tertiary/aromatic N) is 1.